The summed E-state index contributed by atoms with van der Waals surface area (Å²) in [7, 11) is 0. The Morgan fingerprint density at radius 1 is 1.31 bits per heavy atom. The van der Waals surface area contributed by atoms with E-state index in [0.717, 1.165) is 5.57 Å². The number of fused-ring (bicyclic) bond motifs is 5. The third kappa shape index (κ3) is 3.86. The predicted octanol–water partition coefficient (Wildman–Crippen LogP) is 1.45. The van der Waals surface area contributed by atoms with Gasteiger partial charge in [-0.25, -0.2) is 0 Å². The fourth-order valence-corrected chi connectivity index (χ4v) is 8.61. The molecule has 3 saturated carbocycles. The maximum absolute atomic E-state index is 12.7. The number of nitrogens with zero attached hydrogens (tertiary/aromatic N) is 1. The molecule has 0 saturated heterocycles. The number of aliphatic hydroxyl groups is 3. The number of carbonyl (C=O) groups excluding carboxylic acids is 2. The lowest BCUT2D eigenvalue weighted by Crippen LogP contribution is -2.64. The Bertz CT molecular complexity index is 995. The molecular weight excluding hydrogens is 474 g/mol. The lowest BCUT2D eigenvalue weighted by Gasteiger charge is -2.62. The van der Waals surface area contributed by atoms with Crippen LogP contribution in [0.25, 0.3) is 0 Å². The van der Waals surface area contributed by atoms with Gasteiger partial charge in [-0.2, -0.15) is 0 Å². The van der Waals surface area contributed by atoms with E-state index in [-0.39, 0.29) is 49.7 Å². The number of rotatable bonds is 8. The second-order valence-corrected chi connectivity index (χ2v) is 11.5. The molecule has 11 heteroatoms. The number of hydrogen-bond acceptors (Lipinski definition) is 9. The van der Waals surface area contributed by atoms with Crippen molar-refractivity contribution in [2.24, 2.45) is 34.5 Å². The number of allylic oxidation sites excluding steroid dienone is 1. The second kappa shape index (κ2) is 9.18. The summed E-state index contributed by atoms with van der Waals surface area (Å²) in [6, 6.07) is 0. The smallest absolute Gasteiger partial charge is 0.303 e. The first-order valence-electron chi connectivity index (χ1n) is 12.6. The summed E-state index contributed by atoms with van der Waals surface area (Å²) in [5, 5.41) is 52.1. The minimum Gasteiger partial charge on any atom is -0.481 e. The highest BCUT2D eigenvalue weighted by molar-refractivity contribution is 5.92. The van der Waals surface area contributed by atoms with Gasteiger partial charge >= 0.3 is 5.97 Å². The van der Waals surface area contributed by atoms with Gasteiger partial charge in [0, 0.05) is 24.2 Å². The molecule has 0 aromatic carbocycles. The molecule has 36 heavy (non-hydrogen) atoms. The van der Waals surface area contributed by atoms with Crippen LogP contribution in [0.5, 0.6) is 0 Å². The van der Waals surface area contributed by atoms with E-state index in [0.29, 0.717) is 19.3 Å². The van der Waals surface area contributed by atoms with Crippen molar-refractivity contribution in [2.45, 2.75) is 83.0 Å². The molecule has 0 bridgehead atoms. The monoisotopic (exact) mass is 509 g/mol. The lowest BCUT2D eigenvalue weighted by atomic mass is 9.43. The first-order chi connectivity index (χ1) is 16.8. The standard InChI is InChI=1S/C25H35NO10/c1-23-11-18(29)22-15(16(23)7-8-25(23,33)20(30)12-27)4-3-13-9-14(28)10-17(24(13,22)2)19(36-26(34)35)5-6-21(31)32/h9,15-19,22,27,29,33H,3-8,10-12H2,1-2H3,(H,31,32)/t15-,16-,17?,18-,19?,22+,23-,24+,25-/m0/s1. The number of ketones is 2. The topological polar surface area (TPSA) is 184 Å². The van der Waals surface area contributed by atoms with E-state index in [1.807, 2.05) is 6.92 Å². The molecule has 0 amide bonds. The van der Waals surface area contributed by atoms with Crippen LogP contribution in [-0.4, -0.2) is 67.5 Å². The van der Waals surface area contributed by atoms with Gasteiger partial charge in [0.15, 0.2) is 11.6 Å². The van der Waals surface area contributed by atoms with Crippen LogP contribution >= 0.6 is 0 Å². The maximum Gasteiger partial charge on any atom is 0.303 e. The number of Topliss-reactive ketones (excluding diaryl/α,β-unsaturated/α-hetero) is 1. The van der Waals surface area contributed by atoms with Gasteiger partial charge in [0.2, 0.25) is 0 Å². The van der Waals surface area contributed by atoms with Crippen LogP contribution in [0.2, 0.25) is 0 Å². The van der Waals surface area contributed by atoms with Gasteiger partial charge in [-0.15, -0.1) is 10.1 Å². The van der Waals surface area contributed by atoms with Crippen LogP contribution in [-0.2, 0) is 19.2 Å². The number of aliphatic hydroxyl groups excluding tert-OH is 2. The summed E-state index contributed by atoms with van der Waals surface area (Å²) >= 11 is 0. The highest BCUT2D eigenvalue weighted by Crippen LogP contribution is 2.68. The van der Waals surface area contributed by atoms with Crippen LogP contribution in [0.15, 0.2) is 11.6 Å². The average molecular weight is 510 g/mol. The SMILES string of the molecule is C[C@]12C[C@H](O)[C@H]3[C@@H](CCC4=CC(=O)CC(C(CCC(=O)O)O[N+](=O)[O-])[C@@]43C)[C@@H]1CC[C@]2(O)C(=O)CO. The zero-order valence-corrected chi connectivity index (χ0v) is 20.6. The van der Waals surface area contributed by atoms with Crippen LogP contribution in [0, 0.1) is 44.6 Å². The Labute approximate surface area is 208 Å². The molecule has 9 atom stereocenters. The number of carbonyl (C=O) groups is 3. The van der Waals surface area contributed by atoms with Crippen molar-refractivity contribution < 1.29 is 44.7 Å². The van der Waals surface area contributed by atoms with E-state index in [4.69, 9.17) is 4.84 Å². The molecule has 3 fully saturated rings. The molecule has 0 heterocycles. The molecule has 0 aliphatic heterocycles. The zero-order valence-electron chi connectivity index (χ0n) is 20.6. The van der Waals surface area contributed by atoms with Crippen LogP contribution in [0.3, 0.4) is 0 Å². The van der Waals surface area contributed by atoms with Gasteiger partial charge in [-0.3, -0.25) is 14.4 Å². The minimum absolute atomic E-state index is 0.0665. The molecule has 0 spiro atoms. The van der Waals surface area contributed by atoms with E-state index in [2.05, 4.69) is 0 Å². The van der Waals surface area contributed by atoms with Crippen molar-refractivity contribution in [3.8, 4) is 0 Å². The van der Waals surface area contributed by atoms with Crippen LogP contribution < -0.4 is 0 Å². The summed E-state index contributed by atoms with van der Waals surface area (Å²) in [5.41, 5.74) is -2.81. The molecule has 0 aromatic rings. The Kier molecular flexibility index (Phi) is 6.81. The molecule has 4 aliphatic carbocycles. The largest absolute Gasteiger partial charge is 0.481 e. The molecule has 4 N–H and O–H groups in total. The highest BCUT2D eigenvalue weighted by Gasteiger charge is 2.69. The Morgan fingerprint density at radius 3 is 2.61 bits per heavy atom. The average Bonchev–Trinajstić information content (AvgIpc) is 3.06. The molecule has 0 radical (unpaired) electrons. The molecule has 0 aromatic heterocycles. The van der Waals surface area contributed by atoms with E-state index in [1.165, 1.54) is 0 Å². The van der Waals surface area contributed by atoms with Crippen LogP contribution in [0.1, 0.15) is 65.2 Å². The van der Waals surface area contributed by atoms with Crippen molar-refractivity contribution in [1.29, 1.82) is 0 Å². The molecular formula is C25H35NO10. The van der Waals surface area contributed by atoms with E-state index in [9.17, 15) is 44.9 Å². The zero-order chi connectivity index (χ0) is 26.6. The molecule has 4 aliphatic rings. The number of aliphatic carboxylic acids is 1. The van der Waals surface area contributed by atoms with Crippen molar-refractivity contribution >= 4 is 17.5 Å². The summed E-state index contributed by atoms with van der Waals surface area (Å²) < 4.78 is 0. The predicted molar refractivity (Wildman–Crippen MR) is 123 cm³/mol. The van der Waals surface area contributed by atoms with Crippen molar-refractivity contribution in [3.05, 3.63) is 21.8 Å². The summed E-state index contributed by atoms with van der Waals surface area (Å²) in [6.45, 7) is 2.88. The third-order valence-electron chi connectivity index (χ3n) is 10.2. The van der Waals surface area contributed by atoms with E-state index < -0.39 is 63.9 Å². The summed E-state index contributed by atoms with van der Waals surface area (Å²) in [5.74, 6) is -3.44. The number of hydrogen-bond donors (Lipinski definition) is 4. The first kappa shape index (κ1) is 26.7. The fraction of sp³-hybridized carbons (Fsp3) is 0.800. The van der Waals surface area contributed by atoms with Gasteiger partial charge < -0.3 is 25.3 Å². The van der Waals surface area contributed by atoms with Gasteiger partial charge in [0.1, 0.15) is 18.3 Å². The maximum atomic E-state index is 12.7. The normalized spacial score (nSPS) is 42.4. The van der Waals surface area contributed by atoms with Crippen molar-refractivity contribution in [3.63, 3.8) is 0 Å². The van der Waals surface area contributed by atoms with E-state index in [1.54, 1.807) is 13.0 Å². The first-order valence-corrected chi connectivity index (χ1v) is 12.6. The Morgan fingerprint density at radius 2 is 2.00 bits per heavy atom. The molecule has 4 rings (SSSR count). The van der Waals surface area contributed by atoms with Crippen LogP contribution in [0.4, 0.5) is 0 Å². The van der Waals surface area contributed by atoms with Crippen molar-refractivity contribution in [1.82, 2.24) is 0 Å². The fourth-order valence-electron chi connectivity index (χ4n) is 8.61. The molecule has 11 nitrogen and oxygen atoms in total. The quantitative estimate of drug-likeness (QED) is 0.276. The van der Waals surface area contributed by atoms with Gasteiger partial charge in [-0.05, 0) is 67.8 Å². The summed E-state index contributed by atoms with van der Waals surface area (Å²) in [4.78, 5) is 52.9. The second-order valence-electron chi connectivity index (χ2n) is 11.5. The van der Waals surface area contributed by atoms with Gasteiger partial charge in [0.05, 0.1) is 6.10 Å². The Balaban J connectivity index is 1.76. The number of carboxylic acids is 1. The number of carboxylic acid groups (broad SMARTS) is 1. The minimum atomic E-state index is -1.75. The summed E-state index contributed by atoms with van der Waals surface area (Å²) in [6.07, 6.45) is 0.755. The third-order valence-corrected chi connectivity index (χ3v) is 10.2. The van der Waals surface area contributed by atoms with E-state index >= 15 is 0 Å². The van der Waals surface area contributed by atoms with Gasteiger partial charge in [-0.1, -0.05) is 19.4 Å². The Hall–Kier alpha value is -2.37. The highest BCUT2D eigenvalue weighted by atomic mass is 17.0. The molecule has 200 valence electrons. The molecule has 2 unspecified atom stereocenters. The van der Waals surface area contributed by atoms with Crippen molar-refractivity contribution in [2.75, 3.05) is 6.61 Å². The van der Waals surface area contributed by atoms with Gasteiger partial charge in [0.25, 0.3) is 5.09 Å². The lowest BCUT2D eigenvalue weighted by molar-refractivity contribution is -0.771.